The number of carboxylic acid groups (broad SMARTS) is 1. The summed E-state index contributed by atoms with van der Waals surface area (Å²) in [5.41, 5.74) is 2.33. The van der Waals surface area contributed by atoms with Gasteiger partial charge in [-0.05, 0) is 35.9 Å². The molecule has 124 valence electrons. The van der Waals surface area contributed by atoms with Gasteiger partial charge < -0.3 is 9.84 Å². The number of rotatable bonds is 4. The summed E-state index contributed by atoms with van der Waals surface area (Å²) in [5.74, 6) is -0.560. The Morgan fingerprint density at radius 3 is 2.72 bits per heavy atom. The second-order valence-electron chi connectivity index (χ2n) is 5.39. The lowest BCUT2D eigenvalue weighted by Crippen LogP contribution is -2.22. The van der Waals surface area contributed by atoms with E-state index in [9.17, 15) is 9.59 Å². The van der Waals surface area contributed by atoms with Crippen molar-refractivity contribution in [1.29, 1.82) is 0 Å². The Morgan fingerprint density at radius 2 is 1.96 bits per heavy atom. The van der Waals surface area contributed by atoms with Crippen molar-refractivity contribution in [2.75, 3.05) is 6.61 Å². The lowest BCUT2D eigenvalue weighted by molar-refractivity contribution is -0.139. The lowest BCUT2D eigenvalue weighted by Gasteiger charge is -2.02. The van der Waals surface area contributed by atoms with E-state index in [0.29, 0.717) is 15.2 Å². The first-order valence-electron chi connectivity index (χ1n) is 7.48. The molecule has 0 spiro atoms. The number of ether oxygens (including phenoxy) is 1. The van der Waals surface area contributed by atoms with Crippen LogP contribution < -0.4 is 14.8 Å². The molecule has 0 saturated carbocycles. The zero-order chi connectivity index (χ0) is 17.4. The number of imidazole rings is 1. The molecular formula is C18H12N2O4S. The van der Waals surface area contributed by atoms with Crippen LogP contribution in [0.5, 0.6) is 5.75 Å². The summed E-state index contributed by atoms with van der Waals surface area (Å²) in [6.45, 7) is -0.386. The fraction of sp³-hybridized carbons (Fsp3) is 0.0556. The molecule has 0 unspecified atom stereocenters. The molecule has 4 rings (SSSR count). The van der Waals surface area contributed by atoms with Crippen LogP contribution in [0.2, 0.25) is 0 Å². The highest BCUT2D eigenvalue weighted by Crippen LogP contribution is 2.16. The van der Waals surface area contributed by atoms with Gasteiger partial charge in [-0.2, -0.15) is 0 Å². The quantitative estimate of drug-likeness (QED) is 0.607. The Kier molecular flexibility index (Phi) is 3.70. The molecule has 0 aliphatic carbocycles. The smallest absolute Gasteiger partial charge is 0.341 e. The van der Waals surface area contributed by atoms with E-state index in [1.54, 1.807) is 34.7 Å². The number of carbonyl (C=O) groups is 1. The molecule has 25 heavy (non-hydrogen) atoms. The summed E-state index contributed by atoms with van der Waals surface area (Å²) in [4.78, 5) is 28.3. The van der Waals surface area contributed by atoms with Crippen LogP contribution in [-0.4, -0.2) is 27.1 Å². The third kappa shape index (κ3) is 2.85. The number of hydrogen-bond acceptors (Lipinski definition) is 5. The van der Waals surface area contributed by atoms with Crippen LogP contribution in [0.15, 0.2) is 53.3 Å². The van der Waals surface area contributed by atoms with Crippen molar-refractivity contribution in [3.8, 4) is 5.75 Å². The van der Waals surface area contributed by atoms with Gasteiger partial charge in [-0.25, -0.2) is 14.2 Å². The van der Waals surface area contributed by atoms with E-state index in [0.717, 1.165) is 16.6 Å². The Morgan fingerprint density at radius 1 is 1.20 bits per heavy atom. The molecule has 7 heteroatoms. The number of thiazole rings is 1. The van der Waals surface area contributed by atoms with Gasteiger partial charge in [-0.15, -0.1) is 0 Å². The summed E-state index contributed by atoms with van der Waals surface area (Å²) in [7, 11) is 0. The first kappa shape index (κ1) is 15.3. The molecule has 0 amide bonds. The summed E-state index contributed by atoms with van der Waals surface area (Å²) in [6.07, 6.45) is 1.79. The second-order valence-corrected chi connectivity index (χ2v) is 6.39. The van der Waals surface area contributed by atoms with Crippen molar-refractivity contribution in [2.24, 2.45) is 0 Å². The van der Waals surface area contributed by atoms with E-state index in [-0.39, 0.29) is 12.2 Å². The van der Waals surface area contributed by atoms with Gasteiger partial charge in [0, 0.05) is 0 Å². The molecule has 4 aromatic rings. The zero-order valence-electron chi connectivity index (χ0n) is 12.9. The fourth-order valence-corrected chi connectivity index (χ4v) is 3.56. The molecule has 0 bridgehead atoms. The molecule has 6 nitrogen and oxygen atoms in total. The first-order valence-corrected chi connectivity index (χ1v) is 8.30. The number of aliphatic carboxylic acids is 1. The van der Waals surface area contributed by atoms with E-state index in [2.05, 4.69) is 4.98 Å². The number of aromatic nitrogens is 2. The largest absolute Gasteiger partial charge is 0.482 e. The summed E-state index contributed by atoms with van der Waals surface area (Å²) in [6, 6.07) is 14.4. The van der Waals surface area contributed by atoms with Crippen molar-refractivity contribution in [1.82, 2.24) is 9.38 Å². The van der Waals surface area contributed by atoms with Gasteiger partial charge in [0.05, 0.1) is 15.6 Å². The fourth-order valence-electron chi connectivity index (χ4n) is 2.57. The monoisotopic (exact) mass is 352 g/mol. The highest BCUT2D eigenvalue weighted by atomic mass is 32.1. The zero-order valence-corrected chi connectivity index (χ0v) is 13.7. The molecule has 0 aliphatic rings. The standard InChI is InChI=1S/C18H12N2O4S/c21-16(22)10-24-12-7-5-11(6-8-12)9-15-17(23)20-14-4-2-1-3-13(14)19-18(20)25-15/h1-9H,10H2,(H,21,22). The van der Waals surface area contributed by atoms with Crippen LogP contribution in [0.4, 0.5) is 0 Å². The number of para-hydroxylation sites is 2. The number of benzene rings is 2. The Hall–Kier alpha value is -3.19. The summed E-state index contributed by atoms with van der Waals surface area (Å²) < 4.78 is 7.30. The third-order valence-corrected chi connectivity index (χ3v) is 4.65. The normalized spacial score (nSPS) is 12.1. The van der Waals surface area contributed by atoms with Crippen LogP contribution in [0.3, 0.4) is 0 Å². The van der Waals surface area contributed by atoms with Gasteiger partial charge in [-0.3, -0.25) is 4.79 Å². The lowest BCUT2D eigenvalue weighted by atomic mass is 10.2. The van der Waals surface area contributed by atoms with Crippen LogP contribution in [-0.2, 0) is 4.79 Å². The molecule has 2 aromatic heterocycles. The van der Waals surface area contributed by atoms with Crippen molar-refractivity contribution in [3.63, 3.8) is 0 Å². The number of nitrogens with zero attached hydrogens (tertiary/aromatic N) is 2. The van der Waals surface area contributed by atoms with Crippen molar-refractivity contribution in [2.45, 2.75) is 0 Å². The van der Waals surface area contributed by atoms with Crippen LogP contribution >= 0.6 is 11.3 Å². The van der Waals surface area contributed by atoms with E-state index in [1.165, 1.54) is 11.3 Å². The maximum absolute atomic E-state index is 12.7. The van der Waals surface area contributed by atoms with E-state index < -0.39 is 5.97 Å². The van der Waals surface area contributed by atoms with Gasteiger partial charge in [0.15, 0.2) is 11.6 Å². The predicted octanol–water partition coefficient (Wildman–Crippen LogP) is 1.92. The van der Waals surface area contributed by atoms with E-state index in [1.807, 2.05) is 24.3 Å². The maximum Gasteiger partial charge on any atom is 0.341 e. The number of fused-ring (bicyclic) bond motifs is 3. The Labute approximate surface area is 145 Å². The molecule has 0 fully saturated rings. The Bertz CT molecular complexity index is 1190. The highest BCUT2D eigenvalue weighted by molar-refractivity contribution is 7.15. The van der Waals surface area contributed by atoms with Crippen molar-refractivity contribution < 1.29 is 14.6 Å². The van der Waals surface area contributed by atoms with Gasteiger partial charge in [0.2, 0.25) is 0 Å². The SMILES string of the molecule is O=C(O)COc1ccc(C=c2sc3nc4ccccc4n3c2=O)cc1. The van der Waals surface area contributed by atoms with E-state index in [4.69, 9.17) is 9.84 Å². The van der Waals surface area contributed by atoms with Crippen LogP contribution in [0.25, 0.3) is 22.1 Å². The number of carboxylic acids is 1. The second kappa shape index (κ2) is 6.03. The average Bonchev–Trinajstić information content (AvgIpc) is 3.11. The molecular weight excluding hydrogens is 340 g/mol. The predicted molar refractivity (Wildman–Crippen MR) is 95.2 cm³/mol. The minimum absolute atomic E-state index is 0.0973. The van der Waals surface area contributed by atoms with E-state index >= 15 is 0 Å². The number of hydrogen-bond donors (Lipinski definition) is 1. The topological polar surface area (TPSA) is 80.9 Å². The van der Waals surface area contributed by atoms with Gasteiger partial charge in [-0.1, -0.05) is 35.6 Å². The van der Waals surface area contributed by atoms with Gasteiger partial charge in [0.25, 0.3) is 5.56 Å². The van der Waals surface area contributed by atoms with Gasteiger partial charge in [0.1, 0.15) is 5.75 Å². The summed E-state index contributed by atoms with van der Waals surface area (Å²) >= 11 is 1.34. The van der Waals surface area contributed by atoms with Crippen molar-refractivity contribution >= 4 is 39.4 Å². The molecule has 0 aliphatic heterocycles. The third-order valence-electron chi connectivity index (χ3n) is 3.69. The molecule has 0 atom stereocenters. The molecule has 1 N–H and O–H groups in total. The first-order chi connectivity index (χ1) is 12.1. The molecule has 2 heterocycles. The van der Waals surface area contributed by atoms with Crippen molar-refractivity contribution in [3.05, 3.63) is 69.0 Å². The molecule has 0 saturated heterocycles. The van der Waals surface area contributed by atoms with Crippen LogP contribution in [0.1, 0.15) is 5.56 Å². The average molecular weight is 352 g/mol. The minimum Gasteiger partial charge on any atom is -0.482 e. The van der Waals surface area contributed by atoms with Crippen LogP contribution in [0, 0.1) is 0 Å². The van der Waals surface area contributed by atoms with Gasteiger partial charge >= 0.3 is 5.97 Å². The summed E-state index contributed by atoms with van der Waals surface area (Å²) in [5, 5.41) is 8.61. The maximum atomic E-state index is 12.7. The highest BCUT2D eigenvalue weighted by Gasteiger charge is 2.10. The Balaban J connectivity index is 1.73. The molecule has 0 radical (unpaired) electrons. The minimum atomic E-state index is -1.03. The molecule has 2 aromatic carbocycles.